The zero-order valence-electron chi connectivity index (χ0n) is 31.0. The van der Waals surface area contributed by atoms with Crippen molar-refractivity contribution in [3.8, 4) is 0 Å². The first-order valence-corrected chi connectivity index (χ1v) is 19.4. The van der Waals surface area contributed by atoms with Crippen molar-refractivity contribution in [3.63, 3.8) is 0 Å². The molecule has 13 heteroatoms. The highest BCUT2D eigenvalue weighted by molar-refractivity contribution is 7.09. The van der Waals surface area contributed by atoms with Crippen molar-refractivity contribution in [1.29, 1.82) is 0 Å². The van der Waals surface area contributed by atoms with Crippen molar-refractivity contribution in [2.24, 2.45) is 0 Å². The molecule has 4 aromatic rings. The number of urea groups is 1. The maximum Gasteiger partial charge on any atom is 0.407 e. The Kier molecular flexibility index (Phi) is 15.6. The molecular formula is C39H52N6O5S2. The van der Waals surface area contributed by atoms with Crippen molar-refractivity contribution < 1.29 is 23.9 Å². The molecule has 4 amide bonds. The van der Waals surface area contributed by atoms with Gasteiger partial charge in [0.05, 0.1) is 39.8 Å². The van der Waals surface area contributed by atoms with Gasteiger partial charge in [0.1, 0.15) is 12.6 Å². The Balaban J connectivity index is 1.47. The molecule has 0 aliphatic rings. The summed E-state index contributed by atoms with van der Waals surface area (Å²) in [5, 5.41) is 12.1. The van der Waals surface area contributed by atoms with E-state index in [1.165, 1.54) is 16.2 Å². The number of ether oxygens (including phenoxy) is 2. The van der Waals surface area contributed by atoms with Crippen LogP contribution in [0.15, 0.2) is 77.8 Å². The number of amides is 4. The highest BCUT2D eigenvalue weighted by Crippen LogP contribution is 2.20. The van der Waals surface area contributed by atoms with Crippen molar-refractivity contribution in [1.82, 2.24) is 30.8 Å². The number of carbonyl (C=O) groups is 3. The largest absolute Gasteiger partial charge is 0.444 e. The van der Waals surface area contributed by atoms with Crippen LogP contribution in [0.4, 0.5) is 9.59 Å². The van der Waals surface area contributed by atoms with Crippen LogP contribution in [0.1, 0.15) is 80.1 Å². The number of rotatable bonds is 18. The summed E-state index contributed by atoms with van der Waals surface area (Å²) in [5.74, 6) is -0.0454. The molecule has 0 aliphatic carbocycles. The standard InChI is InChI=1S/C39H52N6O5S2/c1-27(2)36-42-32(25-51-36)22-45(6)37(47)44-34(24-50-39(3,4)5)35(46)41-30(19-28-13-9-7-10-14-28)17-18-31(20-29-15-11-8-12-16-29)43-38(48)49-23-33-21-40-26-52-33/h7-16,21,25-27,30-31,34H,17-20,22-24H2,1-6H3,(H,41,46)(H,43,48)(H,44,47). The average molecular weight is 749 g/mol. The second-order valence-electron chi connectivity index (χ2n) is 14.2. The molecule has 0 aliphatic heterocycles. The minimum atomic E-state index is -0.950. The van der Waals surface area contributed by atoms with Gasteiger partial charge in [0.25, 0.3) is 0 Å². The number of hydrogen-bond donors (Lipinski definition) is 3. The number of thiazole rings is 2. The topological polar surface area (TPSA) is 135 Å². The van der Waals surface area contributed by atoms with Gasteiger partial charge in [0.2, 0.25) is 5.91 Å². The molecule has 0 saturated carbocycles. The molecule has 52 heavy (non-hydrogen) atoms. The van der Waals surface area contributed by atoms with E-state index in [0.29, 0.717) is 38.1 Å². The lowest BCUT2D eigenvalue weighted by Gasteiger charge is -2.29. The molecule has 3 N–H and O–H groups in total. The van der Waals surface area contributed by atoms with Crippen molar-refractivity contribution in [2.45, 2.75) is 103 Å². The van der Waals surface area contributed by atoms with Crippen LogP contribution in [0.2, 0.25) is 0 Å². The molecule has 11 nitrogen and oxygen atoms in total. The molecule has 0 saturated heterocycles. The van der Waals surface area contributed by atoms with Gasteiger partial charge in [-0.25, -0.2) is 14.6 Å². The van der Waals surface area contributed by atoms with Crippen LogP contribution in [0.3, 0.4) is 0 Å². The van der Waals surface area contributed by atoms with E-state index in [1.807, 2.05) is 86.8 Å². The predicted molar refractivity (Wildman–Crippen MR) is 206 cm³/mol. The van der Waals surface area contributed by atoms with Crippen LogP contribution in [-0.2, 0) is 40.3 Å². The first kappa shape index (κ1) is 40.4. The number of benzene rings is 2. The molecule has 2 aromatic carbocycles. The zero-order valence-corrected chi connectivity index (χ0v) is 32.6. The van der Waals surface area contributed by atoms with Gasteiger partial charge in [-0.1, -0.05) is 74.5 Å². The number of nitrogens with one attached hydrogen (secondary N) is 3. The van der Waals surface area contributed by atoms with Gasteiger partial charge in [0.15, 0.2) is 0 Å². The van der Waals surface area contributed by atoms with E-state index in [9.17, 15) is 14.4 Å². The summed E-state index contributed by atoms with van der Waals surface area (Å²) in [5.41, 5.74) is 4.09. The molecule has 0 radical (unpaired) electrons. The normalized spacial score (nSPS) is 13.2. The molecular weight excluding hydrogens is 697 g/mol. The molecule has 0 fully saturated rings. The number of alkyl carbamates (subject to hydrolysis) is 1. The van der Waals surface area contributed by atoms with E-state index in [1.54, 1.807) is 30.1 Å². The number of nitrogens with zero attached hydrogens (tertiary/aromatic N) is 3. The third-order valence-corrected chi connectivity index (χ3v) is 10.1. The van der Waals surface area contributed by atoms with Crippen LogP contribution in [-0.4, -0.2) is 70.3 Å². The molecule has 2 heterocycles. The fraction of sp³-hybridized carbons (Fsp3) is 0.462. The molecule has 2 aromatic heterocycles. The number of aromatic nitrogens is 2. The lowest BCUT2D eigenvalue weighted by molar-refractivity contribution is -0.126. The lowest BCUT2D eigenvalue weighted by atomic mass is 9.96. The van der Waals surface area contributed by atoms with Gasteiger partial charge >= 0.3 is 12.1 Å². The first-order chi connectivity index (χ1) is 24.8. The quantitative estimate of drug-likeness (QED) is 0.0989. The zero-order chi connectivity index (χ0) is 37.5. The Labute approximate surface area is 315 Å². The van der Waals surface area contributed by atoms with Crippen LogP contribution >= 0.6 is 22.7 Å². The average Bonchev–Trinajstić information content (AvgIpc) is 3.81. The Bertz CT molecular complexity index is 1660. The predicted octanol–water partition coefficient (Wildman–Crippen LogP) is 7.09. The summed E-state index contributed by atoms with van der Waals surface area (Å²) < 4.78 is 11.5. The minimum Gasteiger partial charge on any atom is -0.444 e. The van der Waals surface area contributed by atoms with Crippen LogP contribution in [0.25, 0.3) is 0 Å². The summed E-state index contributed by atoms with van der Waals surface area (Å²) in [6, 6.07) is 18.0. The molecule has 3 unspecified atom stereocenters. The van der Waals surface area contributed by atoms with E-state index in [2.05, 4.69) is 39.8 Å². The summed E-state index contributed by atoms with van der Waals surface area (Å²) in [7, 11) is 1.68. The Hall–Kier alpha value is -4.33. The summed E-state index contributed by atoms with van der Waals surface area (Å²) in [6.45, 7) is 10.3. The second kappa shape index (κ2) is 20.1. The van der Waals surface area contributed by atoms with E-state index in [-0.39, 0.29) is 31.2 Å². The van der Waals surface area contributed by atoms with Crippen LogP contribution in [0, 0.1) is 0 Å². The van der Waals surface area contributed by atoms with Gasteiger partial charge in [-0.2, -0.15) is 0 Å². The number of carbonyl (C=O) groups excluding carboxylic acids is 3. The van der Waals surface area contributed by atoms with Gasteiger partial charge in [-0.05, 0) is 57.6 Å². The summed E-state index contributed by atoms with van der Waals surface area (Å²) in [6.07, 6.45) is 3.43. The van der Waals surface area contributed by atoms with E-state index in [4.69, 9.17) is 9.47 Å². The lowest BCUT2D eigenvalue weighted by Crippen LogP contribution is -2.55. The SMILES string of the molecule is CC(C)c1nc(CN(C)C(=O)NC(COC(C)(C)C)C(=O)NC(CCC(Cc2ccccc2)NC(=O)OCc2cncs2)Cc2ccccc2)cs1. The van der Waals surface area contributed by atoms with Gasteiger partial charge in [-0.3, -0.25) is 9.78 Å². The van der Waals surface area contributed by atoms with E-state index in [0.717, 1.165) is 26.7 Å². The highest BCUT2D eigenvalue weighted by atomic mass is 32.1. The first-order valence-electron chi connectivity index (χ1n) is 17.6. The minimum absolute atomic E-state index is 0.00897. The van der Waals surface area contributed by atoms with Gasteiger partial charge in [-0.15, -0.1) is 22.7 Å². The van der Waals surface area contributed by atoms with Crippen molar-refractivity contribution >= 4 is 40.7 Å². The van der Waals surface area contributed by atoms with E-state index < -0.39 is 23.8 Å². The van der Waals surface area contributed by atoms with Gasteiger partial charge < -0.3 is 30.3 Å². The smallest absolute Gasteiger partial charge is 0.407 e. The van der Waals surface area contributed by atoms with Gasteiger partial charge in [0, 0.05) is 36.6 Å². The third kappa shape index (κ3) is 14.4. The summed E-state index contributed by atoms with van der Waals surface area (Å²) >= 11 is 3.00. The van der Waals surface area contributed by atoms with Crippen molar-refractivity contribution in [2.75, 3.05) is 13.7 Å². The monoisotopic (exact) mass is 748 g/mol. The molecule has 0 spiro atoms. The fourth-order valence-electron chi connectivity index (χ4n) is 5.36. The van der Waals surface area contributed by atoms with E-state index >= 15 is 0 Å². The number of hydrogen-bond acceptors (Lipinski definition) is 9. The Morgan fingerprint density at radius 1 is 0.865 bits per heavy atom. The second-order valence-corrected chi connectivity index (χ2v) is 16.0. The molecule has 3 atom stereocenters. The molecule has 4 rings (SSSR count). The third-order valence-electron chi connectivity index (χ3n) is 8.12. The van der Waals surface area contributed by atoms with Crippen LogP contribution < -0.4 is 16.0 Å². The van der Waals surface area contributed by atoms with Crippen LogP contribution in [0.5, 0.6) is 0 Å². The van der Waals surface area contributed by atoms with Crippen molar-refractivity contribution in [3.05, 3.63) is 104 Å². The Morgan fingerprint density at radius 2 is 1.48 bits per heavy atom. The molecule has 280 valence electrons. The highest BCUT2D eigenvalue weighted by Gasteiger charge is 2.28. The summed E-state index contributed by atoms with van der Waals surface area (Å²) in [4.78, 5) is 51.4. The molecule has 0 bridgehead atoms. The fourth-order valence-corrected chi connectivity index (χ4v) is 6.69. The maximum atomic E-state index is 14.0. The maximum absolute atomic E-state index is 14.0. The Morgan fingerprint density at radius 3 is 2.02 bits per heavy atom.